The van der Waals surface area contributed by atoms with Gasteiger partial charge in [0.05, 0.1) is 0 Å². The third kappa shape index (κ3) is 13.4. The van der Waals surface area contributed by atoms with Crippen LogP contribution in [0.4, 0.5) is 0 Å². The Morgan fingerprint density at radius 1 is 0.750 bits per heavy atom. The van der Waals surface area contributed by atoms with Gasteiger partial charge in [-0.3, -0.25) is 0 Å². The van der Waals surface area contributed by atoms with Gasteiger partial charge in [-0.15, -0.1) is 0 Å². The van der Waals surface area contributed by atoms with Crippen LogP contribution in [0.25, 0.3) is 0 Å². The number of unbranched alkanes of at least 4 members (excludes halogenated alkanes) is 4. The molecule has 0 aliphatic heterocycles. The van der Waals surface area contributed by atoms with Crippen molar-refractivity contribution in [3.05, 3.63) is 0 Å². The van der Waals surface area contributed by atoms with Crippen molar-refractivity contribution in [2.24, 2.45) is 0 Å². The van der Waals surface area contributed by atoms with Gasteiger partial charge in [0.25, 0.3) is 0 Å². The van der Waals surface area contributed by atoms with E-state index >= 15 is 0 Å². The van der Waals surface area contributed by atoms with E-state index in [0.717, 1.165) is 0 Å². The second-order valence-electron chi connectivity index (χ2n) is 3.16. The van der Waals surface area contributed by atoms with E-state index in [2.05, 4.69) is 19.2 Å². The Morgan fingerprint density at radius 3 is 1.50 bits per heavy atom. The van der Waals surface area contributed by atoms with Crippen LogP contribution in [0.2, 0.25) is 0 Å². The zero-order chi connectivity index (χ0) is 8.36. The van der Waals surface area contributed by atoms with Crippen LogP contribution >= 0.6 is 0 Å². The molecule has 0 heterocycles. The molecule has 0 saturated carbocycles. The Balaban J connectivity index is 0. The van der Waals surface area contributed by atoms with Crippen molar-refractivity contribution < 1.29 is 0 Å². The van der Waals surface area contributed by atoms with Crippen molar-refractivity contribution in [1.82, 2.24) is 5.32 Å². The second kappa shape index (κ2) is 14.3. The Kier molecular flexibility index (Phi) is 18.2. The molecule has 2 heteroatoms. The zero-order valence-corrected chi connectivity index (χ0v) is 12.9. The van der Waals surface area contributed by atoms with Crippen LogP contribution in [0.5, 0.6) is 0 Å². The van der Waals surface area contributed by atoms with Crippen LogP contribution < -0.4 is 5.32 Å². The molecule has 0 fully saturated rings. The second-order valence-corrected chi connectivity index (χ2v) is 3.16. The van der Waals surface area contributed by atoms with Gasteiger partial charge in [-0.2, -0.15) is 0 Å². The van der Waals surface area contributed by atoms with Crippen LogP contribution in [-0.4, -0.2) is 37.0 Å². The van der Waals surface area contributed by atoms with E-state index in [9.17, 15) is 0 Å². The SMILES string of the molecule is CCCCCNCCCCC.[SnH2]. The normalized spacial score (nSPS) is 9.50. The summed E-state index contributed by atoms with van der Waals surface area (Å²) < 4.78 is 0. The summed E-state index contributed by atoms with van der Waals surface area (Å²) in [4.78, 5) is 0. The van der Waals surface area contributed by atoms with Gasteiger partial charge in [-0.1, -0.05) is 39.5 Å². The molecule has 74 valence electrons. The van der Waals surface area contributed by atoms with Crippen LogP contribution in [0.15, 0.2) is 0 Å². The minimum absolute atomic E-state index is 0. The van der Waals surface area contributed by atoms with E-state index < -0.39 is 0 Å². The summed E-state index contributed by atoms with van der Waals surface area (Å²) in [6, 6.07) is 0. The molecule has 1 N–H and O–H groups in total. The number of hydrogen-bond donors (Lipinski definition) is 1. The molecule has 0 amide bonds. The van der Waals surface area contributed by atoms with Crippen LogP contribution in [0, 0.1) is 0 Å². The Labute approximate surface area is 94.7 Å². The van der Waals surface area contributed by atoms with Gasteiger partial charge in [-0.25, -0.2) is 0 Å². The predicted molar refractivity (Wildman–Crippen MR) is 60.5 cm³/mol. The Morgan fingerprint density at radius 2 is 1.17 bits per heavy atom. The molecule has 0 aromatic carbocycles. The molecular weight excluding hydrogens is 253 g/mol. The van der Waals surface area contributed by atoms with Gasteiger partial charge in [0.15, 0.2) is 0 Å². The summed E-state index contributed by atoms with van der Waals surface area (Å²) in [7, 11) is 0. The van der Waals surface area contributed by atoms with Gasteiger partial charge in [0.2, 0.25) is 0 Å². The first-order chi connectivity index (χ1) is 5.41. The van der Waals surface area contributed by atoms with E-state index in [0.29, 0.717) is 0 Å². The molecular formula is C10H25NSn. The van der Waals surface area contributed by atoms with Gasteiger partial charge in [0.1, 0.15) is 0 Å². The quantitative estimate of drug-likeness (QED) is 0.529. The van der Waals surface area contributed by atoms with Gasteiger partial charge in [0, 0.05) is 0 Å². The van der Waals surface area contributed by atoms with E-state index in [1.807, 2.05) is 0 Å². The molecule has 0 unspecified atom stereocenters. The summed E-state index contributed by atoms with van der Waals surface area (Å²) in [6.45, 7) is 6.93. The van der Waals surface area contributed by atoms with E-state index in [1.54, 1.807) is 0 Å². The van der Waals surface area contributed by atoms with Crippen molar-refractivity contribution in [1.29, 1.82) is 0 Å². The fraction of sp³-hybridized carbons (Fsp3) is 1.00. The van der Waals surface area contributed by atoms with Gasteiger partial charge < -0.3 is 5.32 Å². The van der Waals surface area contributed by atoms with Gasteiger partial charge in [-0.05, 0) is 25.9 Å². The first-order valence-corrected chi connectivity index (χ1v) is 5.12. The molecule has 0 aliphatic carbocycles. The molecule has 12 heavy (non-hydrogen) atoms. The first-order valence-electron chi connectivity index (χ1n) is 5.12. The minimum atomic E-state index is 0. The fourth-order valence-corrected chi connectivity index (χ4v) is 1.12. The van der Waals surface area contributed by atoms with Crippen LogP contribution in [-0.2, 0) is 0 Å². The fourth-order valence-electron chi connectivity index (χ4n) is 1.12. The summed E-state index contributed by atoms with van der Waals surface area (Å²) in [6.07, 6.45) is 8.11. The number of hydrogen-bond acceptors (Lipinski definition) is 1. The third-order valence-corrected chi connectivity index (χ3v) is 1.91. The van der Waals surface area contributed by atoms with Crippen molar-refractivity contribution in [2.75, 3.05) is 13.1 Å². The van der Waals surface area contributed by atoms with Crippen molar-refractivity contribution in [2.45, 2.75) is 52.4 Å². The number of nitrogens with one attached hydrogen (secondary N) is 1. The molecule has 0 rings (SSSR count). The standard InChI is InChI=1S/C10H23N.Sn.2H/c1-3-5-7-9-11-10-8-6-4-2;;;/h11H,3-10H2,1-2H3;;;. The topological polar surface area (TPSA) is 12.0 Å². The summed E-state index contributed by atoms with van der Waals surface area (Å²) >= 11 is 0. The van der Waals surface area contributed by atoms with Crippen LogP contribution in [0.3, 0.4) is 0 Å². The molecule has 2 radical (unpaired) electrons. The Bertz CT molecular complexity index is 58.9. The van der Waals surface area contributed by atoms with E-state index in [-0.39, 0.29) is 23.9 Å². The van der Waals surface area contributed by atoms with Crippen LogP contribution in [0.1, 0.15) is 52.4 Å². The maximum absolute atomic E-state index is 3.46. The van der Waals surface area contributed by atoms with Gasteiger partial charge >= 0.3 is 23.9 Å². The molecule has 0 atom stereocenters. The molecule has 0 aromatic rings. The molecule has 0 saturated heterocycles. The average molecular weight is 278 g/mol. The van der Waals surface area contributed by atoms with Crippen molar-refractivity contribution >= 4 is 23.9 Å². The third-order valence-electron chi connectivity index (χ3n) is 1.91. The van der Waals surface area contributed by atoms with E-state index in [4.69, 9.17) is 0 Å². The molecule has 0 aliphatic rings. The van der Waals surface area contributed by atoms with E-state index in [1.165, 1.54) is 51.6 Å². The molecule has 0 aromatic heterocycles. The maximum atomic E-state index is 3.46. The predicted octanol–water partition coefficient (Wildman–Crippen LogP) is 2.04. The molecule has 0 spiro atoms. The first kappa shape index (κ1) is 15.2. The summed E-state index contributed by atoms with van der Waals surface area (Å²) in [5, 5.41) is 3.46. The summed E-state index contributed by atoms with van der Waals surface area (Å²) in [5.41, 5.74) is 0. The number of rotatable bonds is 8. The Hall–Kier alpha value is 0.759. The summed E-state index contributed by atoms with van der Waals surface area (Å²) in [5.74, 6) is 0. The molecule has 0 bridgehead atoms. The molecule has 1 nitrogen and oxygen atoms in total. The van der Waals surface area contributed by atoms with Crippen molar-refractivity contribution in [3.8, 4) is 0 Å². The average Bonchev–Trinajstić information content (AvgIpc) is 2.03. The van der Waals surface area contributed by atoms with Crippen molar-refractivity contribution in [3.63, 3.8) is 0 Å². The zero-order valence-electron chi connectivity index (χ0n) is 8.86. The monoisotopic (exact) mass is 279 g/mol.